The van der Waals surface area contributed by atoms with Crippen molar-refractivity contribution in [2.45, 2.75) is 0 Å². The minimum Gasteiger partial charge on any atom is -0.508 e. The Balaban J connectivity index is 2.14. The molecule has 7 heteroatoms. The molecule has 0 atom stereocenters. The van der Waals surface area contributed by atoms with Gasteiger partial charge in [-0.1, -0.05) is 11.6 Å². The number of benzene rings is 2. The van der Waals surface area contributed by atoms with Crippen LogP contribution in [0.15, 0.2) is 36.4 Å². The van der Waals surface area contributed by atoms with Gasteiger partial charge in [0.15, 0.2) is 0 Å². The van der Waals surface area contributed by atoms with Crippen molar-refractivity contribution in [1.29, 1.82) is 0 Å². The summed E-state index contributed by atoms with van der Waals surface area (Å²) in [4.78, 5) is 0. The van der Waals surface area contributed by atoms with E-state index in [1.165, 1.54) is 26.4 Å². The van der Waals surface area contributed by atoms with Gasteiger partial charge in [0.05, 0.1) is 24.9 Å². The van der Waals surface area contributed by atoms with Crippen LogP contribution in [0.2, 0.25) is 5.02 Å². The molecule has 0 aliphatic heterocycles. The molecular formula is C15H14ClNO4S. The smallest absolute Gasteiger partial charge is 0.266 e. The molecule has 0 aliphatic rings. The second-order valence-corrected chi connectivity index (χ2v) is 4.97. The maximum absolute atomic E-state index is 9.23. The van der Waals surface area contributed by atoms with Gasteiger partial charge in [-0.15, -0.1) is 0 Å². The molecule has 0 unspecified atom stereocenters. The van der Waals surface area contributed by atoms with Gasteiger partial charge in [0.25, 0.3) is 5.17 Å². The lowest BCUT2D eigenvalue weighted by molar-refractivity contribution is 0.395. The van der Waals surface area contributed by atoms with Gasteiger partial charge in [-0.25, -0.2) is 0 Å². The molecule has 0 radical (unpaired) electrons. The molecule has 0 saturated heterocycles. The largest absolute Gasteiger partial charge is 0.508 e. The van der Waals surface area contributed by atoms with Crippen LogP contribution in [0.5, 0.6) is 23.0 Å². The van der Waals surface area contributed by atoms with Crippen LogP contribution in [-0.2, 0) is 0 Å². The molecule has 0 spiro atoms. The summed E-state index contributed by atoms with van der Waals surface area (Å²) in [6.45, 7) is 0. The van der Waals surface area contributed by atoms with Crippen molar-refractivity contribution >= 4 is 34.7 Å². The van der Waals surface area contributed by atoms with Gasteiger partial charge in [-0.3, -0.25) is 0 Å². The van der Waals surface area contributed by atoms with Gasteiger partial charge in [-0.2, -0.15) is 0 Å². The Labute approximate surface area is 138 Å². The number of phenols is 1. The minimum absolute atomic E-state index is 0.116. The van der Waals surface area contributed by atoms with Crippen LogP contribution in [0.3, 0.4) is 0 Å². The van der Waals surface area contributed by atoms with Crippen LogP contribution >= 0.6 is 23.8 Å². The first-order chi connectivity index (χ1) is 10.5. The molecule has 22 heavy (non-hydrogen) atoms. The third-order valence-electron chi connectivity index (χ3n) is 2.76. The Bertz CT molecular complexity index is 676. The van der Waals surface area contributed by atoms with Crippen LogP contribution in [0.25, 0.3) is 0 Å². The normalized spacial score (nSPS) is 9.95. The summed E-state index contributed by atoms with van der Waals surface area (Å²) in [6, 6.07) is 9.48. The van der Waals surface area contributed by atoms with Crippen molar-refractivity contribution in [2.24, 2.45) is 0 Å². The molecule has 0 bridgehead atoms. The van der Waals surface area contributed by atoms with Crippen molar-refractivity contribution in [1.82, 2.24) is 0 Å². The van der Waals surface area contributed by atoms with E-state index in [1.54, 1.807) is 24.3 Å². The lowest BCUT2D eigenvalue weighted by atomic mass is 10.2. The fourth-order valence-electron chi connectivity index (χ4n) is 1.71. The number of nitrogens with one attached hydrogen (secondary N) is 1. The fraction of sp³-hybridized carbons (Fsp3) is 0.133. The number of thiocarbonyl (C=S) groups is 1. The quantitative estimate of drug-likeness (QED) is 0.825. The van der Waals surface area contributed by atoms with Gasteiger partial charge in [0.1, 0.15) is 23.0 Å². The highest BCUT2D eigenvalue weighted by Gasteiger charge is 2.12. The molecule has 2 aromatic rings. The Kier molecular flexibility index (Phi) is 5.30. The monoisotopic (exact) mass is 339 g/mol. The van der Waals surface area contributed by atoms with Gasteiger partial charge in [0, 0.05) is 6.07 Å². The van der Waals surface area contributed by atoms with E-state index in [4.69, 9.17) is 38.0 Å². The molecule has 116 valence electrons. The first kappa shape index (κ1) is 16.2. The Morgan fingerprint density at radius 3 is 2.32 bits per heavy atom. The molecule has 0 amide bonds. The highest BCUT2D eigenvalue weighted by atomic mass is 35.5. The SMILES string of the molecule is COc1cc(OC)c(NC(=S)Oc2ccc(O)cc2)cc1Cl. The van der Waals surface area contributed by atoms with Crippen LogP contribution in [0.4, 0.5) is 5.69 Å². The number of phenolic OH excluding ortho intramolecular Hbond substituents is 1. The highest BCUT2D eigenvalue weighted by molar-refractivity contribution is 7.80. The number of methoxy groups -OCH3 is 2. The van der Waals surface area contributed by atoms with Crippen molar-refractivity contribution in [2.75, 3.05) is 19.5 Å². The van der Waals surface area contributed by atoms with E-state index in [0.29, 0.717) is 28.0 Å². The van der Waals surface area contributed by atoms with E-state index >= 15 is 0 Å². The highest BCUT2D eigenvalue weighted by Crippen LogP contribution is 2.36. The lowest BCUT2D eigenvalue weighted by Gasteiger charge is -2.14. The standard InChI is InChI=1S/C15H14ClNO4S/c1-19-13-8-14(20-2)12(7-11(13)16)17-15(22)21-10-5-3-9(18)4-6-10/h3-8,18H,1-2H3,(H,17,22). The predicted octanol–water partition coefficient (Wildman–Crippen LogP) is 3.84. The topological polar surface area (TPSA) is 60.0 Å². The van der Waals surface area contributed by atoms with E-state index < -0.39 is 0 Å². The zero-order valence-electron chi connectivity index (χ0n) is 11.9. The Morgan fingerprint density at radius 2 is 1.73 bits per heavy atom. The van der Waals surface area contributed by atoms with E-state index in [2.05, 4.69) is 5.32 Å². The summed E-state index contributed by atoms with van der Waals surface area (Å²) in [5.41, 5.74) is 0.553. The average Bonchev–Trinajstić information content (AvgIpc) is 2.50. The minimum atomic E-state index is 0.116. The molecule has 0 aromatic heterocycles. The molecule has 2 N–H and O–H groups in total. The van der Waals surface area contributed by atoms with Crippen molar-refractivity contribution < 1.29 is 19.3 Å². The summed E-state index contributed by atoms with van der Waals surface area (Å²) in [6.07, 6.45) is 0. The molecule has 2 aromatic carbocycles. The van der Waals surface area contributed by atoms with Crippen LogP contribution in [0, 0.1) is 0 Å². The van der Waals surface area contributed by atoms with E-state index in [9.17, 15) is 5.11 Å². The predicted molar refractivity (Wildman–Crippen MR) is 89.5 cm³/mol. The number of aromatic hydroxyl groups is 1. The fourth-order valence-corrected chi connectivity index (χ4v) is 2.16. The number of halogens is 1. The zero-order valence-corrected chi connectivity index (χ0v) is 13.5. The number of hydrogen-bond acceptors (Lipinski definition) is 5. The average molecular weight is 340 g/mol. The molecule has 0 fully saturated rings. The number of ether oxygens (including phenoxy) is 3. The molecule has 0 saturated carbocycles. The van der Waals surface area contributed by atoms with Crippen molar-refractivity contribution in [3.63, 3.8) is 0 Å². The number of hydrogen-bond donors (Lipinski definition) is 2. The second kappa shape index (κ2) is 7.20. The van der Waals surface area contributed by atoms with E-state index in [0.717, 1.165) is 0 Å². The van der Waals surface area contributed by atoms with Crippen LogP contribution in [0.1, 0.15) is 0 Å². The third-order valence-corrected chi connectivity index (χ3v) is 3.24. The van der Waals surface area contributed by atoms with Gasteiger partial charge in [0.2, 0.25) is 0 Å². The summed E-state index contributed by atoms with van der Waals surface area (Å²) >= 11 is 11.2. The molecular weight excluding hydrogens is 326 g/mol. The summed E-state index contributed by atoms with van der Waals surface area (Å²) < 4.78 is 15.8. The summed E-state index contributed by atoms with van der Waals surface area (Å²) in [5, 5.41) is 12.7. The van der Waals surface area contributed by atoms with E-state index in [-0.39, 0.29) is 10.9 Å². The Hall–Kier alpha value is -2.18. The molecule has 2 rings (SSSR count). The van der Waals surface area contributed by atoms with Crippen LogP contribution < -0.4 is 19.5 Å². The molecule has 0 heterocycles. The first-order valence-corrected chi connectivity index (χ1v) is 7.01. The molecule has 5 nitrogen and oxygen atoms in total. The maximum atomic E-state index is 9.23. The summed E-state index contributed by atoms with van der Waals surface area (Å²) in [7, 11) is 3.05. The zero-order chi connectivity index (χ0) is 16.1. The second-order valence-electron chi connectivity index (χ2n) is 4.20. The van der Waals surface area contributed by atoms with Gasteiger partial charge >= 0.3 is 0 Å². The lowest BCUT2D eigenvalue weighted by Crippen LogP contribution is -2.17. The maximum Gasteiger partial charge on any atom is 0.266 e. The van der Waals surface area contributed by atoms with Gasteiger partial charge < -0.3 is 24.6 Å². The third kappa shape index (κ3) is 3.93. The Morgan fingerprint density at radius 1 is 1.09 bits per heavy atom. The number of rotatable bonds is 4. The summed E-state index contributed by atoms with van der Waals surface area (Å²) in [5.74, 6) is 1.65. The van der Waals surface area contributed by atoms with Crippen LogP contribution in [-0.4, -0.2) is 24.5 Å². The van der Waals surface area contributed by atoms with Crippen molar-refractivity contribution in [3.05, 3.63) is 41.4 Å². The molecule has 0 aliphatic carbocycles. The first-order valence-electron chi connectivity index (χ1n) is 6.23. The van der Waals surface area contributed by atoms with E-state index in [1.807, 2.05) is 0 Å². The van der Waals surface area contributed by atoms with Gasteiger partial charge in [-0.05, 0) is 42.5 Å². The van der Waals surface area contributed by atoms with Crippen molar-refractivity contribution in [3.8, 4) is 23.0 Å². The number of anilines is 1.